The molecule has 6 heteroatoms. The molecule has 2 aromatic heterocycles. The first-order valence-corrected chi connectivity index (χ1v) is 6.91. The molecule has 1 atom stereocenters. The highest BCUT2D eigenvalue weighted by Crippen LogP contribution is 2.26. The van der Waals surface area contributed by atoms with Crippen molar-refractivity contribution in [2.45, 2.75) is 26.8 Å². The summed E-state index contributed by atoms with van der Waals surface area (Å²) in [6.07, 6.45) is 3.22. The van der Waals surface area contributed by atoms with Crippen molar-refractivity contribution in [3.63, 3.8) is 0 Å². The van der Waals surface area contributed by atoms with Crippen molar-refractivity contribution in [1.82, 2.24) is 19.4 Å². The third-order valence-corrected chi connectivity index (χ3v) is 4.17. The molecule has 2 aromatic rings. The van der Waals surface area contributed by atoms with Gasteiger partial charge in [-0.05, 0) is 20.8 Å². The largest absolute Gasteiger partial charge is 0.332 e. The van der Waals surface area contributed by atoms with Gasteiger partial charge in [0.25, 0.3) is 5.91 Å². The zero-order valence-corrected chi connectivity index (χ0v) is 12.7. The monoisotopic (exact) mass is 278 g/mol. The Balaban J connectivity index is 2.24. The molecule has 1 amide bonds. The Morgan fingerprint density at radius 3 is 2.63 bits per heavy atom. The summed E-state index contributed by atoms with van der Waals surface area (Å²) in [6, 6.07) is -0.0488. The van der Waals surface area contributed by atoms with Crippen molar-refractivity contribution in [3.8, 4) is 0 Å². The number of hydrogen-bond donors (Lipinski definition) is 0. The topological polar surface area (TPSA) is 51.0 Å². The molecule has 19 heavy (non-hydrogen) atoms. The minimum atomic E-state index is -0.0488. The molecule has 0 aliphatic heterocycles. The standard InChI is InChI=1S/C13H18N4OS/c1-8(12-9(2)19-10(3)15-12)17(5)13(18)11-6-14-7-16(11)4/h6-8H,1-5H3. The summed E-state index contributed by atoms with van der Waals surface area (Å²) in [5.74, 6) is -0.0439. The average Bonchev–Trinajstić information content (AvgIpc) is 2.92. The second kappa shape index (κ2) is 5.13. The summed E-state index contributed by atoms with van der Waals surface area (Å²) < 4.78 is 1.73. The summed E-state index contributed by atoms with van der Waals surface area (Å²) in [5, 5.41) is 1.03. The van der Waals surface area contributed by atoms with Crippen molar-refractivity contribution in [2.75, 3.05) is 7.05 Å². The molecule has 0 N–H and O–H groups in total. The van der Waals surface area contributed by atoms with Gasteiger partial charge in [0.1, 0.15) is 5.69 Å². The zero-order chi connectivity index (χ0) is 14.2. The second-order valence-corrected chi connectivity index (χ2v) is 6.06. The van der Waals surface area contributed by atoms with E-state index in [-0.39, 0.29) is 11.9 Å². The molecule has 5 nitrogen and oxygen atoms in total. The van der Waals surface area contributed by atoms with Crippen molar-refractivity contribution in [1.29, 1.82) is 0 Å². The lowest BCUT2D eigenvalue weighted by molar-refractivity contribution is 0.0730. The highest BCUT2D eigenvalue weighted by atomic mass is 32.1. The van der Waals surface area contributed by atoms with E-state index in [0.717, 1.165) is 15.6 Å². The maximum absolute atomic E-state index is 12.4. The molecule has 0 saturated carbocycles. The van der Waals surface area contributed by atoms with Crippen LogP contribution in [0.1, 0.15) is 39.0 Å². The number of hydrogen-bond acceptors (Lipinski definition) is 4. The van der Waals surface area contributed by atoms with E-state index < -0.39 is 0 Å². The van der Waals surface area contributed by atoms with Crippen LogP contribution >= 0.6 is 11.3 Å². The van der Waals surface area contributed by atoms with Crippen LogP contribution in [-0.4, -0.2) is 32.4 Å². The normalized spacial score (nSPS) is 12.5. The zero-order valence-electron chi connectivity index (χ0n) is 11.8. The minimum absolute atomic E-state index is 0.0439. The van der Waals surface area contributed by atoms with Crippen LogP contribution in [0.15, 0.2) is 12.5 Å². The van der Waals surface area contributed by atoms with Gasteiger partial charge in [0, 0.05) is 19.0 Å². The summed E-state index contributed by atoms with van der Waals surface area (Å²) >= 11 is 1.66. The Labute approximate surface area is 116 Å². The molecule has 0 aliphatic carbocycles. The van der Waals surface area contributed by atoms with Crippen LogP contribution in [0.3, 0.4) is 0 Å². The van der Waals surface area contributed by atoms with Crippen LogP contribution in [0.25, 0.3) is 0 Å². The molecule has 0 radical (unpaired) electrons. The number of aryl methyl sites for hydroxylation is 3. The fraction of sp³-hybridized carbons (Fsp3) is 0.462. The molecule has 0 bridgehead atoms. The van der Waals surface area contributed by atoms with Crippen LogP contribution in [0.2, 0.25) is 0 Å². The highest BCUT2D eigenvalue weighted by molar-refractivity contribution is 7.11. The van der Waals surface area contributed by atoms with Crippen molar-refractivity contribution < 1.29 is 4.79 Å². The van der Waals surface area contributed by atoms with Crippen LogP contribution < -0.4 is 0 Å². The van der Waals surface area contributed by atoms with Gasteiger partial charge in [-0.25, -0.2) is 9.97 Å². The molecule has 0 fully saturated rings. The lowest BCUT2D eigenvalue weighted by atomic mass is 10.2. The molecule has 2 rings (SSSR count). The van der Waals surface area contributed by atoms with Gasteiger partial charge in [-0.3, -0.25) is 4.79 Å². The molecule has 2 heterocycles. The van der Waals surface area contributed by atoms with Crippen LogP contribution in [-0.2, 0) is 7.05 Å². The van der Waals surface area contributed by atoms with Gasteiger partial charge in [-0.2, -0.15) is 0 Å². The van der Waals surface area contributed by atoms with Crippen molar-refractivity contribution in [2.24, 2.45) is 7.05 Å². The summed E-state index contributed by atoms with van der Waals surface area (Å²) in [5.41, 5.74) is 1.56. The van der Waals surface area contributed by atoms with E-state index in [1.54, 1.807) is 40.4 Å². The van der Waals surface area contributed by atoms with E-state index >= 15 is 0 Å². The van der Waals surface area contributed by atoms with Gasteiger partial charge in [0.15, 0.2) is 0 Å². The van der Waals surface area contributed by atoms with Gasteiger partial charge < -0.3 is 9.47 Å². The molecular weight excluding hydrogens is 260 g/mol. The number of aromatic nitrogens is 3. The van der Waals surface area contributed by atoms with E-state index in [9.17, 15) is 4.79 Å². The Morgan fingerprint density at radius 1 is 1.47 bits per heavy atom. The van der Waals surface area contributed by atoms with Crippen LogP contribution in [0.4, 0.5) is 0 Å². The number of rotatable bonds is 3. The number of amides is 1. The van der Waals surface area contributed by atoms with Gasteiger partial charge in [0.05, 0.1) is 29.3 Å². The van der Waals surface area contributed by atoms with E-state index in [0.29, 0.717) is 5.69 Å². The predicted octanol–water partition coefficient (Wildman–Crippen LogP) is 2.33. The fourth-order valence-corrected chi connectivity index (χ4v) is 2.94. The smallest absolute Gasteiger partial charge is 0.272 e. The lowest BCUT2D eigenvalue weighted by Gasteiger charge is -2.24. The first-order chi connectivity index (χ1) is 8.91. The Kier molecular flexibility index (Phi) is 3.71. The number of carbonyl (C=O) groups excluding carboxylic acids is 1. The van der Waals surface area contributed by atoms with Gasteiger partial charge in [0.2, 0.25) is 0 Å². The fourth-order valence-electron chi connectivity index (χ4n) is 2.04. The summed E-state index contributed by atoms with van der Waals surface area (Å²) in [7, 11) is 3.62. The first-order valence-electron chi connectivity index (χ1n) is 6.09. The van der Waals surface area contributed by atoms with Crippen molar-refractivity contribution in [3.05, 3.63) is 33.8 Å². The Bertz CT molecular complexity index is 602. The van der Waals surface area contributed by atoms with Gasteiger partial charge in [-0.15, -0.1) is 11.3 Å². The van der Waals surface area contributed by atoms with Crippen molar-refractivity contribution >= 4 is 17.2 Å². The Morgan fingerprint density at radius 2 is 2.16 bits per heavy atom. The molecule has 0 aromatic carbocycles. The number of thiazole rings is 1. The maximum Gasteiger partial charge on any atom is 0.272 e. The molecular formula is C13H18N4OS. The molecule has 1 unspecified atom stereocenters. The third-order valence-electron chi connectivity index (χ3n) is 3.27. The SMILES string of the molecule is Cc1nc(C(C)N(C)C(=O)c2cncn2C)c(C)s1. The number of nitrogens with zero attached hydrogens (tertiary/aromatic N) is 4. The third kappa shape index (κ3) is 2.53. The second-order valence-electron chi connectivity index (χ2n) is 4.66. The molecule has 102 valence electrons. The van der Waals surface area contributed by atoms with E-state index in [1.165, 1.54) is 0 Å². The minimum Gasteiger partial charge on any atom is -0.332 e. The van der Waals surface area contributed by atoms with E-state index in [2.05, 4.69) is 9.97 Å². The van der Waals surface area contributed by atoms with E-state index in [1.807, 2.05) is 27.8 Å². The first kappa shape index (κ1) is 13.7. The molecule has 0 spiro atoms. The Hall–Kier alpha value is -1.69. The lowest BCUT2D eigenvalue weighted by Crippen LogP contribution is -2.31. The maximum atomic E-state index is 12.4. The summed E-state index contributed by atoms with van der Waals surface area (Å²) in [6.45, 7) is 6.02. The van der Waals surface area contributed by atoms with Crippen LogP contribution in [0, 0.1) is 13.8 Å². The summed E-state index contributed by atoms with van der Waals surface area (Å²) in [4.78, 5) is 23.8. The number of imidazole rings is 1. The number of carbonyl (C=O) groups is 1. The molecule has 0 saturated heterocycles. The average molecular weight is 278 g/mol. The van der Waals surface area contributed by atoms with Gasteiger partial charge in [-0.1, -0.05) is 0 Å². The van der Waals surface area contributed by atoms with Crippen LogP contribution in [0.5, 0.6) is 0 Å². The predicted molar refractivity (Wildman–Crippen MR) is 75.3 cm³/mol. The molecule has 0 aliphatic rings. The highest BCUT2D eigenvalue weighted by Gasteiger charge is 2.24. The van der Waals surface area contributed by atoms with E-state index in [4.69, 9.17) is 0 Å². The quantitative estimate of drug-likeness (QED) is 0.866. The van der Waals surface area contributed by atoms with Gasteiger partial charge >= 0.3 is 0 Å².